The van der Waals surface area contributed by atoms with Crippen molar-refractivity contribution in [1.29, 1.82) is 0 Å². The highest BCUT2D eigenvalue weighted by Gasteiger charge is 2.33. The van der Waals surface area contributed by atoms with Crippen molar-refractivity contribution in [3.8, 4) is 0 Å². The van der Waals surface area contributed by atoms with Gasteiger partial charge in [-0.1, -0.05) is 0 Å². The summed E-state index contributed by atoms with van der Waals surface area (Å²) in [6, 6.07) is 5.38. The topological polar surface area (TPSA) is 106 Å². The lowest BCUT2D eigenvalue weighted by molar-refractivity contribution is -0.384. The lowest BCUT2D eigenvalue weighted by Gasteiger charge is -2.21. The van der Waals surface area contributed by atoms with E-state index in [-0.39, 0.29) is 18.1 Å². The molecule has 1 atom stereocenters. The number of aliphatic carboxylic acids is 1. The fourth-order valence-corrected chi connectivity index (χ4v) is 3.00. The Hall–Kier alpha value is -2.90. The number of aromatic nitrogens is 1. The quantitative estimate of drug-likeness (QED) is 0.681. The van der Waals surface area contributed by atoms with Gasteiger partial charge in [0.15, 0.2) is 0 Å². The van der Waals surface area contributed by atoms with Crippen molar-refractivity contribution in [2.45, 2.75) is 25.4 Å². The molecule has 2 aromatic rings. The van der Waals surface area contributed by atoms with Crippen LogP contribution < -0.4 is 0 Å². The molecule has 8 nitrogen and oxygen atoms in total. The normalized spacial score (nSPS) is 17.6. The number of benzene rings is 1. The molecular formula is C15H15N3O5. The first kappa shape index (κ1) is 15.0. The van der Waals surface area contributed by atoms with Gasteiger partial charge in [0, 0.05) is 35.8 Å². The average molecular weight is 317 g/mol. The summed E-state index contributed by atoms with van der Waals surface area (Å²) in [6.45, 7) is 0.464. The van der Waals surface area contributed by atoms with Crippen molar-refractivity contribution in [3.05, 3.63) is 40.6 Å². The van der Waals surface area contributed by atoms with Crippen LogP contribution in [0.4, 0.5) is 5.69 Å². The molecule has 1 N–H and O–H groups in total. The molecule has 0 radical (unpaired) electrons. The first-order chi connectivity index (χ1) is 11.0. The van der Waals surface area contributed by atoms with E-state index in [0.29, 0.717) is 30.3 Å². The van der Waals surface area contributed by atoms with Gasteiger partial charge in [0.2, 0.25) is 5.91 Å². The van der Waals surface area contributed by atoms with Gasteiger partial charge in [0.05, 0.1) is 4.92 Å². The number of hydrogen-bond acceptors (Lipinski definition) is 4. The number of carboxylic acid groups (broad SMARTS) is 1. The summed E-state index contributed by atoms with van der Waals surface area (Å²) in [5.74, 6) is -1.24. The zero-order valence-corrected chi connectivity index (χ0v) is 12.2. The number of carbonyl (C=O) groups is 2. The number of non-ortho nitro benzene ring substituents is 1. The number of amides is 1. The highest BCUT2D eigenvalue weighted by atomic mass is 16.6. The molecular weight excluding hydrogens is 302 g/mol. The first-order valence-electron chi connectivity index (χ1n) is 7.23. The molecule has 1 aromatic carbocycles. The molecule has 1 saturated heterocycles. The minimum Gasteiger partial charge on any atom is -0.480 e. The lowest BCUT2D eigenvalue weighted by atomic mass is 10.2. The predicted molar refractivity (Wildman–Crippen MR) is 81.0 cm³/mol. The van der Waals surface area contributed by atoms with E-state index in [1.807, 2.05) is 0 Å². The molecule has 1 aromatic heterocycles. The van der Waals surface area contributed by atoms with Crippen molar-refractivity contribution < 1.29 is 19.6 Å². The number of rotatable bonds is 4. The van der Waals surface area contributed by atoms with Crippen LogP contribution in [0.2, 0.25) is 0 Å². The van der Waals surface area contributed by atoms with Crippen LogP contribution in [0.5, 0.6) is 0 Å². The third-order valence-corrected chi connectivity index (χ3v) is 4.13. The SMILES string of the molecule is O=C(O)[C@H]1CCCN1C(=O)Cn1ccc2cc([N+](=O)[O-])ccc21. The summed E-state index contributed by atoms with van der Waals surface area (Å²) >= 11 is 0. The van der Waals surface area contributed by atoms with Gasteiger partial charge < -0.3 is 14.6 Å². The van der Waals surface area contributed by atoms with Crippen LogP contribution in [-0.4, -0.2) is 44.0 Å². The number of carboxylic acids is 1. The van der Waals surface area contributed by atoms with Gasteiger partial charge in [-0.3, -0.25) is 14.9 Å². The number of nitro benzene ring substituents is 1. The minimum absolute atomic E-state index is 0.00735. The smallest absolute Gasteiger partial charge is 0.326 e. The lowest BCUT2D eigenvalue weighted by Crippen LogP contribution is -2.41. The fraction of sp³-hybridized carbons (Fsp3) is 0.333. The molecule has 3 rings (SSSR count). The summed E-state index contributed by atoms with van der Waals surface area (Å²) in [7, 11) is 0. The van der Waals surface area contributed by atoms with Gasteiger partial charge in [-0.05, 0) is 25.0 Å². The predicted octanol–water partition coefficient (Wildman–Crippen LogP) is 1.63. The number of hydrogen-bond donors (Lipinski definition) is 1. The van der Waals surface area contributed by atoms with Gasteiger partial charge in [-0.2, -0.15) is 0 Å². The van der Waals surface area contributed by atoms with Gasteiger partial charge >= 0.3 is 5.97 Å². The van der Waals surface area contributed by atoms with E-state index in [0.717, 1.165) is 0 Å². The fourth-order valence-electron chi connectivity index (χ4n) is 3.00. The van der Waals surface area contributed by atoms with Crippen LogP contribution in [0.1, 0.15) is 12.8 Å². The van der Waals surface area contributed by atoms with E-state index in [1.165, 1.54) is 17.0 Å². The summed E-state index contributed by atoms with van der Waals surface area (Å²) < 4.78 is 1.68. The molecule has 120 valence electrons. The molecule has 23 heavy (non-hydrogen) atoms. The molecule has 1 aliphatic rings. The maximum atomic E-state index is 12.4. The van der Waals surface area contributed by atoms with Gasteiger partial charge in [0.25, 0.3) is 5.69 Å². The standard InChI is InChI=1S/C15H15N3O5/c19-14(17-6-1-2-13(17)15(20)21)9-16-7-5-10-8-11(18(22)23)3-4-12(10)16/h3-5,7-8,13H,1-2,6,9H2,(H,20,21)/t13-/m1/s1. The van der Waals surface area contributed by atoms with Crippen LogP contribution in [0.3, 0.4) is 0 Å². The van der Waals surface area contributed by atoms with Gasteiger partial charge in [-0.25, -0.2) is 4.79 Å². The van der Waals surface area contributed by atoms with E-state index in [2.05, 4.69) is 0 Å². The van der Waals surface area contributed by atoms with Crippen LogP contribution in [-0.2, 0) is 16.1 Å². The summed E-state index contributed by atoms with van der Waals surface area (Å²) in [5.41, 5.74) is 0.696. The summed E-state index contributed by atoms with van der Waals surface area (Å²) in [5, 5.41) is 20.6. The van der Waals surface area contributed by atoms with Gasteiger partial charge in [-0.15, -0.1) is 0 Å². The zero-order valence-electron chi connectivity index (χ0n) is 12.2. The largest absolute Gasteiger partial charge is 0.480 e. The Morgan fingerprint density at radius 3 is 2.83 bits per heavy atom. The Balaban J connectivity index is 1.83. The highest BCUT2D eigenvalue weighted by molar-refractivity contribution is 5.87. The highest BCUT2D eigenvalue weighted by Crippen LogP contribution is 2.23. The maximum absolute atomic E-state index is 12.4. The van der Waals surface area contributed by atoms with E-state index in [4.69, 9.17) is 5.11 Å². The van der Waals surface area contributed by atoms with Crippen LogP contribution in [0, 0.1) is 10.1 Å². The Labute approximate surface area is 131 Å². The Morgan fingerprint density at radius 1 is 1.35 bits per heavy atom. The van der Waals surface area contributed by atoms with Crippen molar-refractivity contribution in [2.24, 2.45) is 0 Å². The van der Waals surface area contributed by atoms with Crippen LogP contribution in [0.15, 0.2) is 30.5 Å². The second-order valence-electron chi connectivity index (χ2n) is 5.53. The second kappa shape index (κ2) is 5.71. The Bertz CT molecular complexity index is 798. The Morgan fingerprint density at radius 2 is 2.13 bits per heavy atom. The molecule has 0 unspecified atom stereocenters. The van der Waals surface area contributed by atoms with Crippen molar-refractivity contribution in [1.82, 2.24) is 9.47 Å². The maximum Gasteiger partial charge on any atom is 0.326 e. The molecule has 2 heterocycles. The number of fused-ring (bicyclic) bond motifs is 1. The molecule has 1 aliphatic heterocycles. The molecule has 0 aliphatic carbocycles. The monoisotopic (exact) mass is 317 g/mol. The van der Waals surface area contributed by atoms with E-state index in [9.17, 15) is 19.7 Å². The molecule has 1 fully saturated rings. The van der Waals surface area contributed by atoms with Crippen molar-refractivity contribution in [2.75, 3.05) is 6.54 Å². The zero-order chi connectivity index (χ0) is 16.6. The molecule has 1 amide bonds. The van der Waals surface area contributed by atoms with E-state index < -0.39 is 16.9 Å². The molecule has 8 heteroatoms. The van der Waals surface area contributed by atoms with Crippen molar-refractivity contribution in [3.63, 3.8) is 0 Å². The van der Waals surface area contributed by atoms with Crippen LogP contribution in [0.25, 0.3) is 10.9 Å². The van der Waals surface area contributed by atoms with E-state index >= 15 is 0 Å². The molecule has 0 bridgehead atoms. The van der Waals surface area contributed by atoms with E-state index in [1.54, 1.807) is 22.9 Å². The Kier molecular flexibility index (Phi) is 3.73. The molecule has 0 saturated carbocycles. The number of likely N-dealkylation sites (tertiary alicyclic amines) is 1. The average Bonchev–Trinajstić information content (AvgIpc) is 3.13. The third-order valence-electron chi connectivity index (χ3n) is 4.13. The van der Waals surface area contributed by atoms with Crippen molar-refractivity contribution >= 4 is 28.5 Å². The third kappa shape index (κ3) is 2.75. The summed E-state index contributed by atoms with van der Waals surface area (Å²) in [4.78, 5) is 35.3. The molecule has 0 spiro atoms. The first-order valence-corrected chi connectivity index (χ1v) is 7.23. The number of nitro groups is 1. The van der Waals surface area contributed by atoms with Crippen LogP contribution >= 0.6 is 0 Å². The van der Waals surface area contributed by atoms with Gasteiger partial charge in [0.1, 0.15) is 12.6 Å². The number of nitrogens with zero attached hydrogens (tertiary/aromatic N) is 3. The number of carbonyl (C=O) groups excluding carboxylic acids is 1. The second-order valence-corrected chi connectivity index (χ2v) is 5.53. The summed E-state index contributed by atoms with van der Waals surface area (Å²) in [6.07, 6.45) is 2.83. The minimum atomic E-state index is -0.983.